The Bertz CT molecular complexity index is 328. The van der Waals surface area contributed by atoms with Crippen molar-refractivity contribution in [1.82, 2.24) is 5.32 Å². The summed E-state index contributed by atoms with van der Waals surface area (Å²) in [6, 6.07) is 2.19. The maximum Gasteiger partial charge on any atom is 0.0782 e. The summed E-state index contributed by atoms with van der Waals surface area (Å²) in [4.78, 5) is 1.19. The molecule has 0 amide bonds. The molecule has 1 aliphatic rings. The maximum atomic E-state index is 6.14. The lowest BCUT2D eigenvalue weighted by atomic mass is 10.1. The second-order valence-corrected chi connectivity index (χ2v) is 5.32. The number of rotatable bonds is 3. The molecule has 0 aromatic carbocycles. The van der Waals surface area contributed by atoms with Crippen LogP contribution in [0.3, 0.4) is 0 Å². The molecule has 1 fully saturated rings. The van der Waals surface area contributed by atoms with Gasteiger partial charge in [-0.3, -0.25) is 0 Å². The zero-order chi connectivity index (χ0) is 10.8. The molecule has 2 nitrogen and oxygen atoms in total. The highest BCUT2D eigenvalue weighted by atomic mass is 35.5. The zero-order valence-electron chi connectivity index (χ0n) is 9.00. The van der Waals surface area contributed by atoms with E-state index in [4.69, 9.17) is 16.3 Å². The molecule has 1 aromatic rings. The highest BCUT2D eigenvalue weighted by molar-refractivity contribution is 7.10. The fraction of sp³-hybridized carbons (Fsp3) is 0.636. The summed E-state index contributed by atoms with van der Waals surface area (Å²) in [5.74, 6) is 0. The number of hydrogen-bond donors (Lipinski definition) is 1. The normalized spacial score (nSPS) is 28.2. The van der Waals surface area contributed by atoms with E-state index in [1.54, 1.807) is 11.3 Å². The highest BCUT2D eigenvalue weighted by Gasteiger charge is 2.31. The van der Waals surface area contributed by atoms with E-state index in [2.05, 4.69) is 12.2 Å². The fourth-order valence-electron chi connectivity index (χ4n) is 2.09. The first-order chi connectivity index (χ1) is 7.22. The molecule has 3 unspecified atom stereocenters. The van der Waals surface area contributed by atoms with E-state index in [1.165, 1.54) is 4.88 Å². The molecule has 0 aliphatic carbocycles. The van der Waals surface area contributed by atoms with Gasteiger partial charge in [-0.05, 0) is 38.3 Å². The Kier molecular flexibility index (Phi) is 3.67. The summed E-state index contributed by atoms with van der Waals surface area (Å²) in [6.07, 6.45) is 2.90. The average molecular weight is 246 g/mol. The molecular formula is C11H16ClNOS. The van der Waals surface area contributed by atoms with Crippen LogP contribution in [-0.2, 0) is 4.74 Å². The van der Waals surface area contributed by atoms with Crippen LogP contribution in [0.4, 0.5) is 0 Å². The van der Waals surface area contributed by atoms with E-state index in [9.17, 15) is 0 Å². The van der Waals surface area contributed by atoms with Crippen LogP contribution in [0.25, 0.3) is 0 Å². The number of halogens is 1. The molecule has 4 heteroatoms. The van der Waals surface area contributed by atoms with Crippen molar-refractivity contribution in [3.63, 3.8) is 0 Å². The molecule has 2 rings (SSSR count). The lowest BCUT2D eigenvalue weighted by Crippen LogP contribution is -2.29. The number of hydrogen-bond acceptors (Lipinski definition) is 3. The topological polar surface area (TPSA) is 21.3 Å². The second-order valence-electron chi connectivity index (χ2n) is 3.96. The number of nitrogens with one attached hydrogen (secondary N) is 1. The summed E-state index contributed by atoms with van der Waals surface area (Å²) in [7, 11) is 1.97. The van der Waals surface area contributed by atoms with Gasteiger partial charge in [0.1, 0.15) is 0 Å². The smallest absolute Gasteiger partial charge is 0.0782 e. The van der Waals surface area contributed by atoms with E-state index < -0.39 is 0 Å². The van der Waals surface area contributed by atoms with E-state index in [0.29, 0.717) is 6.10 Å². The fourth-order valence-corrected chi connectivity index (χ4v) is 3.43. The first kappa shape index (κ1) is 11.4. The molecule has 1 N–H and O–H groups in total. The van der Waals surface area contributed by atoms with Crippen LogP contribution < -0.4 is 5.32 Å². The largest absolute Gasteiger partial charge is 0.373 e. The number of ether oxygens (including phenoxy) is 1. The molecule has 2 heterocycles. The van der Waals surface area contributed by atoms with Crippen LogP contribution in [0.15, 0.2) is 11.4 Å². The minimum absolute atomic E-state index is 0.238. The quantitative estimate of drug-likeness (QED) is 0.883. The van der Waals surface area contributed by atoms with Crippen molar-refractivity contribution < 1.29 is 4.74 Å². The first-order valence-corrected chi connectivity index (χ1v) is 6.53. The van der Waals surface area contributed by atoms with E-state index in [0.717, 1.165) is 17.9 Å². The number of likely N-dealkylation sites (N-methyl/N-ethyl adjacent to an activating group) is 1. The maximum absolute atomic E-state index is 6.14. The average Bonchev–Trinajstić information content (AvgIpc) is 2.79. The van der Waals surface area contributed by atoms with Gasteiger partial charge < -0.3 is 10.1 Å². The predicted molar refractivity (Wildman–Crippen MR) is 64.7 cm³/mol. The Balaban J connectivity index is 2.14. The van der Waals surface area contributed by atoms with Gasteiger partial charge in [-0.2, -0.15) is 0 Å². The molecule has 1 aliphatic heterocycles. The van der Waals surface area contributed by atoms with E-state index in [1.807, 2.05) is 18.5 Å². The zero-order valence-corrected chi connectivity index (χ0v) is 10.6. The lowest BCUT2D eigenvalue weighted by Gasteiger charge is -2.22. The van der Waals surface area contributed by atoms with Crippen LogP contribution in [0.5, 0.6) is 0 Å². The minimum Gasteiger partial charge on any atom is -0.373 e. The third-order valence-corrected chi connectivity index (χ3v) is 4.32. The second kappa shape index (κ2) is 4.83. The molecule has 0 spiro atoms. The Hall–Kier alpha value is -0.0900. The van der Waals surface area contributed by atoms with E-state index in [-0.39, 0.29) is 12.1 Å². The Morgan fingerprint density at radius 1 is 1.60 bits per heavy atom. The summed E-state index contributed by atoms with van der Waals surface area (Å²) in [6.45, 7) is 2.13. The molecule has 3 atom stereocenters. The lowest BCUT2D eigenvalue weighted by molar-refractivity contribution is 0.0341. The molecule has 84 valence electrons. The van der Waals surface area contributed by atoms with Crippen molar-refractivity contribution in [2.45, 2.75) is 38.0 Å². The summed E-state index contributed by atoms with van der Waals surface area (Å²) in [5.41, 5.74) is 0. The van der Waals surface area contributed by atoms with Gasteiger partial charge in [0.25, 0.3) is 0 Å². The van der Waals surface area contributed by atoms with Crippen LogP contribution in [-0.4, -0.2) is 19.3 Å². The Morgan fingerprint density at radius 3 is 2.87 bits per heavy atom. The van der Waals surface area contributed by atoms with Gasteiger partial charge in [0, 0.05) is 4.88 Å². The first-order valence-electron chi connectivity index (χ1n) is 5.28. The SMILES string of the molecule is CNC(c1sccc1Cl)C1CCC(C)O1. The van der Waals surface area contributed by atoms with Gasteiger partial charge in [-0.1, -0.05) is 11.6 Å². The predicted octanol–water partition coefficient (Wildman–Crippen LogP) is 3.23. The van der Waals surface area contributed by atoms with Crippen LogP contribution in [0.1, 0.15) is 30.7 Å². The van der Waals surface area contributed by atoms with Gasteiger partial charge in [0.2, 0.25) is 0 Å². The van der Waals surface area contributed by atoms with Gasteiger partial charge in [-0.15, -0.1) is 11.3 Å². The monoisotopic (exact) mass is 245 g/mol. The van der Waals surface area contributed by atoms with E-state index >= 15 is 0 Å². The van der Waals surface area contributed by atoms with Gasteiger partial charge in [0.05, 0.1) is 23.3 Å². The summed E-state index contributed by atoms with van der Waals surface area (Å²) >= 11 is 7.84. The molecule has 0 bridgehead atoms. The van der Waals surface area contributed by atoms with Crippen molar-refractivity contribution in [3.05, 3.63) is 21.3 Å². The standard InChI is InChI=1S/C11H16ClNOS/c1-7-3-4-9(14-7)10(13-2)11-8(12)5-6-15-11/h5-7,9-10,13H,3-4H2,1-2H3. The molecule has 1 aromatic heterocycles. The van der Waals surface area contributed by atoms with Crippen LogP contribution in [0.2, 0.25) is 5.02 Å². The van der Waals surface area contributed by atoms with Crippen molar-refractivity contribution in [2.75, 3.05) is 7.05 Å². The van der Waals surface area contributed by atoms with Crippen LogP contribution >= 0.6 is 22.9 Å². The van der Waals surface area contributed by atoms with Crippen molar-refractivity contribution in [1.29, 1.82) is 0 Å². The molecule has 0 saturated carbocycles. The molecule has 15 heavy (non-hydrogen) atoms. The number of thiophene rings is 1. The summed E-state index contributed by atoms with van der Waals surface area (Å²) in [5, 5.41) is 6.19. The highest BCUT2D eigenvalue weighted by Crippen LogP contribution is 2.36. The summed E-state index contributed by atoms with van der Waals surface area (Å²) < 4.78 is 5.88. The van der Waals surface area contributed by atoms with Crippen molar-refractivity contribution in [2.24, 2.45) is 0 Å². The van der Waals surface area contributed by atoms with Crippen molar-refractivity contribution >= 4 is 22.9 Å². The Morgan fingerprint density at radius 2 is 2.40 bits per heavy atom. The van der Waals surface area contributed by atoms with Gasteiger partial charge in [-0.25, -0.2) is 0 Å². The molecule has 1 saturated heterocycles. The molecule has 0 radical (unpaired) electrons. The van der Waals surface area contributed by atoms with Crippen molar-refractivity contribution in [3.8, 4) is 0 Å². The third-order valence-electron chi connectivity index (χ3n) is 2.87. The minimum atomic E-state index is 0.238. The molecular weight excluding hydrogens is 230 g/mol. The third kappa shape index (κ3) is 2.36. The Labute approximate surface area is 99.6 Å². The van der Waals surface area contributed by atoms with Gasteiger partial charge >= 0.3 is 0 Å². The van der Waals surface area contributed by atoms with Gasteiger partial charge in [0.15, 0.2) is 0 Å². The van der Waals surface area contributed by atoms with Crippen LogP contribution in [0, 0.1) is 0 Å².